The Morgan fingerprint density at radius 1 is 1.10 bits per heavy atom. The van der Waals surface area contributed by atoms with Gasteiger partial charge in [0.05, 0.1) is 17.7 Å². The van der Waals surface area contributed by atoms with E-state index >= 15 is 0 Å². The minimum Gasteiger partial charge on any atom is -0.493 e. The fourth-order valence-electron chi connectivity index (χ4n) is 2.91. The number of benzene rings is 2. The third-order valence-corrected chi connectivity index (χ3v) is 4.47. The Hall–Kier alpha value is -2.61. The number of carbonyl (C=O) groups is 1. The van der Waals surface area contributed by atoms with E-state index in [0.717, 1.165) is 0 Å². The molecule has 1 saturated heterocycles. The number of carbonyl (C=O) groups excluding carboxylic acids is 1. The van der Waals surface area contributed by atoms with E-state index < -0.39 is 64.7 Å². The molecule has 0 aromatic heterocycles. The lowest BCUT2D eigenvalue weighted by Gasteiger charge is -2.35. The maximum atomic E-state index is 12.9. The molecule has 2 aromatic rings. The summed E-state index contributed by atoms with van der Waals surface area (Å²) in [5.74, 6) is -1.13. The number of aliphatic hydroxyl groups is 1. The monoisotopic (exact) mass is 438 g/mol. The molecule has 1 amide bonds. The second kappa shape index (κ2) is 11.1. The fourth-order valence-corrected chi connectivity index (χ4v) is 2.91. The number of methoxy groups -OCH3 is 1. The molecule has 1 aliphatic heterocycles. The van der Waals surface area contributed by atoms with E-state index in [1.807, 2.05) is 0 Å². The number of nitrogens with zero attached hydrogens (tertiary/aromatic N) is 2. The van der Waals surface area contributed by atoms with E-state index in [1.165, 1.54) is 24.3 Å². The van der Waals surface area contributed by atoms with E-state index in [1.54, 1.807) is 32.0 Å². The summed E-state index contributed by atoms with van der Waals surface area (Å²) >= 11 is 0. The number of aliphatic hydroxyl groups excluding tert-OH is 1. The first-order valence-corrected chi connectivity index (χ1v) is 9.63. The van der Waals surface area contributed by atoms with Gasteiger partial charge < -0.3 is 19.9 Å². The summed E-state index contributed by atoms with van der Waals surface area (Å²) in [5, 5.41) is 13.2. The molecule has 0 bridgehead atoms. The van der Waals surface area contributed by atoms with Crippen LogP contribution < -0.4 is 14.8 Å². The molecular formula is C24H33N3O4. The Kier molecular flexibility index (Phi) is 4.47. The van der Waals surface area contributed by atoms with Gasteiger partial charge in [-0.25, -0.2) is 0 Å². The number of piperazine rings is 1. The lowest BCUT2D eigenvalue weighted by atomic mass is 10.1. The molecule has 2 aromatic carbocycles. The third-order valence-electron chi connectivity index (χ3n) is 4.47. The highest BCUT2D eigenvalue weighted by Crippen LogP contribution is 2.25. The van der Waals surface area contributed by atoms with Crippen molar-refractivity contribution < 1.29 is 34.5 Å². The van der Waals surface area contributed by atoms with Gasteiger partial charge in [0.15, 0.2) is 11.5 Å². The second-order valence-corrected chi connectivity index (χ2v) is 6.97. The molecule has 2 N–H and O–H groups in total. The molecular weight excluding hydrogens is 394 g/mol. The van der Waals surface area contributed by atoms with Crippen LogP contribution in [0.3, 0.4) is 0 Å². The number of hydrogen-bond donors (Lipinski definition) is 2. The number of hydrogen-bond acceptors (Lipinski definition) is 6. The number of anilines is 1. The normalized spacial score (nSPS) is 28.2. The van der Waals surface area contributed by atoms with Crippen LogP contribution in [0.25, 0.3) is 0 Å². The first-order valence-electron chi connectivity index (χ1n) is 15.1. The summed E-state index contributed by atoms with van der Waals surface area (Å²) in [7, 11) is -2.79. The molecule has 0 spiro atoms. The van der Waals surface area contributed by atoms with Crippen molar-refractivity contribution in [3.05, 3.63) is 53.6 Å². The predicted molar refractivity (Wildman–Crippen MR) is 122 cm³/mol. The number of nitrogens with one attached hydrogen (secondary N) is 1. The largest absolute Gasteiger partial charge is 0.493 e. The van der Waals surface area contributed by atoms with E-state index in [-0.39, 0.29) is 21.3 Å². The summed E-state index contributed by atoms with van der Waals surface area (Å²) in [6, 6.07) is 10.9. The van der Waals surface area contributed by atoms with Gasteiger partial charge in [0, 0.05) is 49.2 Å². The summed E-state index contributed by atoms with van der Waals surface area (Å²) in [4.78, 5) is 13.3. The number of β-amino-alcohol motifs (C(OH)–C–C–N with tert-alkyl or cyclic N) is 1. The van der Waals surface area contributed by atoms with Crippen molar-refractivity contribution in [3.63, 3.8) is 0 Å². The molecule has 1 heterocycles. The third kappa shape index (κ3) is 6.69. The van der Waals surface area contributed by atoms with Crippen LogP contribution >= 0.6 is 0 Å². The van der Waals surface area contributed by atoms with Crippen LogP contribution in [0.4, 0.5) is 5.69 Å². The molecule has 7 nitrogen and oxygen atoms in total. The minimum atomic E-state index is -3.26. The quantitative estimate of drug-likeness (QED) is 0.626. The first kappa shape index (κ1) is 12.4. The maximum Gasteiger partial charge on any atom is 0.238 e. The van der Waals surface area contributed by atoms with Crippen LogP contribution in [0, 0.1) is 13.8 Å². The van der Waals surface area contributed by atoms with Crippen molar-refractivity contribution in [1.82, 2.24) is 9.80 Å². The molecule has 0 aliphatic carbocycles. The van der Waals surface area contributed by atoms with Crippen molar-refractivity contribution in [2.45, 2.75) is 20.0 Å². The molecule has 0 radical (unpaired) electrons. The van der Waals surface area contributed by atoms with Crippen molar-refractivity contribution in [1.29, 1.82) is 0 Å². The summed E-state index contributed by atoms with van der Waals surface area (Å²) < 4.78 is 100. The molecule has 3 rings (SSSR count). The highest BCUT2D eigenvalue weighted by Gasteiger charge is 2.21. The number of ether oxygens (including phenoxy) is 2. The van der Waals surface area contributed by atoms with Crippen LogP contribution in [0.1, 0.15) is 26.2 Å². The Labute approximate surface area is 200 Å². The van der Waals surface area contributed by atoms with Gasteiger partial charge in [0.25, 0.3) is 0 Å². The van der Waals surface area contributed by atoms with Gasteiger partial charge in [-0.1, -0.05) is 30.3 Å². The lowest BCUT2D eigenvalue weighted by molar-refractivity contribution is -0.117. The van der Waals surface area contributed by atoms with E-state index in [4.69, 9.17) is 24.6 Å². The molecule has 31 heavy (non-hydrogen) atoms. The fraction of sp³-hybridized carbons (Fsp3) is 0.458. The topological polar surface area (TPSA) is 74.3 Å². The number of amides is 1. The zero-order valence-corrected chi connectivity index (χ0v) is 17.3. The Morgan fingerprint density at radius 3 is 2.42 bits per heavy atom. The molecule has 0 saturated carbocycles. The molecule has 7 heteroatoms. The summed E-state index contributed by atoms with van der Waals surface area (Å²) in [5.41, 5.74) is 1.80. The number of rotatable bonds is 9. The summed E-state index contributed by atoms with van der Waals surface area (Å²) in [6.45, 7) is -12.2. The van der Waals surface area contributed by atoms with Gasteiger partial charge in [0.1, 0.15) is 12.7 Å². The van der Waals surface area contributed by atoms with E-state index in [0.29, 0.717) is 16.8 Å². The zero-order valence-electron chi connectivity index (χ0n) is 28.3. The molecule has 1 unspecified atom stereocenters. The van der Waals surface area contributed by atoms with Gasteiger partial charge in [-0.15, -0.1) is 0 Å². The van der Waals surface area contributed by atoms with Crippen molar-refractivity contribution >= 4 is 11.6 Å². The summed E-state index contributed by atoms with van der Waals surface area (Å²) in [6.07, 6.45) is -1.69. The molecule has 168 valence electrons. The van der Waals surface area contributed by atoms with Crippen LogP contribution in [0.15, 0.2) is 42.5 Å². The van der Waals surface area contributed by atoms with Gasteiger partial charge in [-0.05, 0) is 37.1 Å². The predicted octanol–water partition coefficient (Wildman–Crippen LogP) is 2.31. The van der Waals surface area contributed by atoms with Crippen molar-refractivity contribution in [2.75, 3.05) is 58.0 Å². The standard InChI is InChI=1S/C24H33N3O4/c1-18-7-6-8-19(2)24(18)25-23(29)16-27-13-11-26(12-14-27)15-20(28)17-31-22-10-5-4-9-21(22)30-3/h4-10,20,28H,11-17H2,1-3H3,(H,25,29)/i3D3,11D2,12D2,13D2,14D2. The molecule has 1 atom stereocenters. The SMILES string of the molecule is [2H]C([2H])([2H])Oc1ccccc1OCC(O)CN1C([2H])([2H])C([2H])([2H])N(CC(=O)Nc2c(C)cccc2C)C([2H])([2H])C1([2H])[2H]. The minimum absolute atomic E-state index is 0.0796. The Bertz CT molecular complexity index is 1240. The van der Waals surface area contributed by atoms with Gasteiger partial charge in [-0.2, -0.15) is 0 Å². The van der Waals surface area contributed by atoms with Gasteiger partial charge in [0.2, 0.25) is 5.91 Å². The van der Waals surface area contributed by atoms with Crippen molar-refractivity contribution in [2.24, 2.45) is 0 Å². The van der Waals surface area contributed by atoms with Crippen LogP contribution in [0.5, 0.6) is 11.5 Å². The molecule has 1 fully saturated rings. The molecule has 1 aliphatic rings. The van der Waals surface area contributed by atoms with Gasteiger partial charge >= 0.3 is 0 Å². The highest BCUT2D eigenvalue weighted by molar-refractivity contribution is 5.93. The first-order chi connectivity index (χ1) is 19.1. The zero-order chi connectivity index (χ0) is 31.9. The smallest absolute Gasteiger partial charge is 0.238 e. The Balaban J connectivity index is 1.82. The van der Waals surface area contributed by atoms with Crippen LogP contribution in [0.2, 0.25) is 0 Å². The average Bonchev–Trinajstić information content (AvgIpc) is 2.85. The maximum absolute atomic E-state index is 12.9. The van der Waals surface area contributed by atoms with Crippen LogP contribution in [-0.2, 0) is 4.79 Å². The average molecular weight is 439 g/mol. The van der Waals surface area contributed by atoms with E-state index in [9.17, 15) is 9.90 Å². The second-order valence-electron chi connectivity index (χ2n) is 6.97. The van der Waals surface area contributed by atoms with E-state index in [2.05, 4.69) is 5.32 Å². The number of aryl methyl sites for hydroxylation is 2. The lowest BCUT2D eigenvalue weighted by Crippen LogP contribution is -2.50. The van der Waals surface area contributed by atoms with Gasteiger partial charge in [-0.3, -0.25) is 14.6 Å². The Morgan fingerprint density at radius 2 is 1.74 bits per heavy atom. The van der Waals surface area contributed by atoms with Crippen LogP contribution in [-0.4, -0.2) is 79.6 Å². The number of para-hydroxylation sites is 3. The van der Waals surface area contributed by atoms with Crippen molar-refractivity contribution in [3.8, 4) is 11.5 Å². The highest BCUT2D eigenvalue weighted by atomic mass is 16.5.